The number of carbonyl (C=O) groups is 2. The summed E-state index contributed by atoms with van der Waals surface area (Å²) in [6, 6.07) is 7.40. The van der Waals surface area contributed by atoms with E-state index in [-0.39, 0.29) is 18.3 Å². The Balaban J connectivity index is 1.91. The van der Waals surface area contributed by atoms with Gasteiger partial charge in [-0.05, 0) is 33.3 Å². The number of aromatic nitrogens is 1. The first-order chi connectivity index (χ1) is 12.2. The molecule has 0 N–H and O–H groups in total. The number of thiazole rings is 1. The highest BCUT2D eigenvalue weighted by molar-refractivity contribution is 7.17. The molecule has 0 atom stereocenters. The Morgan fingerprint density at radius 1 is 1.27 bits per heavy atom. The molecular weight excluding hydrogens is 372 g/mol. The number of carbonyl (C=O) groups excluding carboxylic acids is 2. The minimum atomic E-state index is -0.490. The average Bonchev–Trinajstić information content (AvgIpc) is 3.02. The van der Waals surface area contributed by atoms with Crippen LogP contribution < -0.4 is 0 Å². The van der Waals surface area contributed by atoms with Gasteiger partial charge in [0.2, 0.25) is 0 Å². The summed E-state index contributed by atoms with van der Waals surface area (Å²) in [5, 5.41) is 1.31. The minimum absolute atomic E-state index is 0.120. The number of amides is 1. The molecule has 2 aromatic rings. The summed E-state index contributed by atoms with van der Waals surface area (Å²) >= 11 is 7.49. The van der Waals surface area contributed by atoms with Gasteiger partial charge in [0.25, 0.3) is 5.91 Å². The van der Waals surface area contributed by atoms with Crippen LogP contribution in [-0.2, 0) is 9.53 Å². The van der Waals surface area contributed by atoms with Gasteiger partial charge in [-0.25, -0.2) is 4.98 Å². The summed E-state index contributed by atoms with van der Waals surface area (Å²) in [6.07, 6.45) is 2.39. The van der Waals surface area contributed by atoms with Crippen LogP contribution >= 0.6 is 22.9 Å². The maximum absolute atomic E-state index is 12.5. The number of nitrogens with zero attached hydrogens (tertiary/aromatic N) is 2. The second-order valence-electron chi connectivity index (χ2n) is 6.93. The van der Waals surface area contributed by atoms with E-state index < -0.39 is 5.60 Å². The third kappa shape index (κ3) is 5.81. The molecule has 0 saturated heterocycles. The van der Waals surface area contributed by atoms with Crippen LogP contribution in [0.3, 0.4) is 0 Å². The van der Waals surface area contributed by atoms with E-state index in [2.05, 4.69) is 4.98 Å². The van der Waals surface area contributed by atoms with Crippen LogP contribution in [0, 0.1) is 0 Å². The van der Waals surface area contributed by atoms with Crippen LogP contribution in [-0.4, -0.2) is 41.0 Å². The van der Waals surface area contributed by atoms with E-state index in [1.54, 1.807) is 24.2 Å². The molecule has 0 aliphatic rings. The molecule has 0 unspecified atom stereocenters. The van der Waals surface area contributed by atoms with E-state index in [1.165, 1.54) is 11.3 Å². The molecule has 2 rings (SSSR count). The van der Waals surface area contributed by atoms with E-state index in [0.717, 1.165) is 5.56 Å². The van der Waals surface area contributed by atoms with Crippen molar-refractivity contribution in [2.75, 3.05) is 13.6 Å². The SMILES string of the molecule is CN(CCCC(=O)OC(C)(C)C)C(=O)c1cnc(-c2ccccc2Cl)s1. The van der Waals surface area contributed by atoms with Crippen molar-refractivity contribution in [1.82, 2.24) is 9.88 Å². The summed E-state index contributed by atoms with van der Waals surface area (Å²) in [7, 11) is 1.71. The summed E-state index contributed by atoms with van der Waals surface area (Å²) in [5.41, 5.74) is 0.321. The van der Waals surface area contributed by atoms with Gasteiger partial charge in [-0.15, -0.1) is 11.3 Å². The smallest absolute Gasteiger partial charge is 0.306 e. The van der Waals surface area contributed by atoms with Crippen LogP contribution in [0.15, 0.2) is 30.5 Å². The lowest BCUT2D eigenvalue weighted by atomic mass is 10.2. The molecule has 140 valence electrons. The van der Waals surface area contributed by atoms with Gasteiger partial charge >= 0.3 is 5.97 Å². The molecule has 0 radical (unpaired) electrons. The monoisotopic (exact) mass is 394 g/mol. The first kappa shape index (κ1) is 20.4. The molecule has 1 aromatic heterocycles. The highest BCUT2D eigenvalue weighted by Crippen LogP contribution is 2.31. The lowest BCUT2D eigenvalue weighted by Crippen LogP contribution is -2.28. The van der Waals surface area contributed by atoms with E-state index in [4.69, 9.17) is 16.3 Å². The number of benzene rings is 1. The first-order valence-electron chi connectivity index (χ1n) is 8.35. The zero-order valence-corrected chi connectivity index (χ0v) is 17.0. The van der Waals surface area contributed by atoms with Crippen molar-refractivity contribution in [3.8, 4) is 10.6 Å². The number of halogens is 1. The van der Waals surface area contributed by atoms with Crippen LogP contribution in [0.2, 0.25) is 5.02 Å². The fourth-order valence-electron chi connectivity index (χ4n) is 2.27. The van der Waals surface area contributed by atoms with Gasteiger partial charge in [0.15, 0.2) is 0 Å². The zero-order chi connectivity index (χ0) is 19.3. The Morgan fingerprint density at radius 2 is 1.96 bits per heavy atom. The molecule has 0 fully saturated rings. The van der Waals surface area contributed by atoms with Gasteiger partial charge in [0, 0.05) is 25.6 Å². The molecule has 1 heterocycles. The van der Waals surface area contributed by atoms with E-state index >= 15 is 0 Å². The Morgan fingerprint density at radius 3 is 2.62 bits per heavy atom. The second-order valence-corrected chi connectivity index (χ2v) is 8.36. The summed E-state index contributed by atoms with van der Waals surface area (Å²) < 4.78 is 5.27. The van der Waals surface area contributed by atoms with Gasteiger partial charge < -0.3 is 9.64 Å². The molecule has 26 heavy (non-hydrogen) atoms. The fraction of sp³-hybridized carbons (Fsp3) is 0.421. The van der Waals surface area contributed by atoms with Crippen molar-refractivity contribution in [2.24, 2.45) is 0 Å². The third-order valence-electron chi connectivity index (χ3n) is 3.46. The lowest BCUT2D eigenvalue weighted by molar-refractivity contribution is -0.154. The fourth-order valence-corrected chi connectivity index (χ4v) is 3.51. The van der Waals surface area contributed by atoms with Crippen molar-refractivity contribution < 1.29 is 14.3 Å². The first-order valence-corrected chi connectivity index (χ1v) is 9.55. The maximum atomic E-state index is 12.5. The van der Waals surface area contributed by atoms with Gasteiger partial charge in [-0.1, -0.05) is 29.8 Å². The number of ether oxygens (including phenoxy) is 1. The Bertz CT molecular complexity index is 783. The highest BCUT2D eigenvalue weighted by Gasteiger charge is 2.19. The number of esters is 1. The topological polar surface area (TPSA) is 59.5 Å². The van der Waals surface area contributed by atoms with E-state index in [9.17, 15) is 9.59 Å². The van der Waals surface area contributed by atoms with Gasteiger partial charge in [0.05, 0.1) is 11.2 Å². The lowest BCUT2D eigenvalue weighted by Gasteiger charge is -2.20. The van der Waals surface area contributed by atoms with Crippen LogP contribution in [0.5, 0.6) is 0 Å². The van der Waals surface area contributed by atoms with Crippen LogP contribution in [0.1, 0.15) is 43.3 Å². The van der Waals surface area contributed by atoms with Crippen molar-refractivity contribution >= 4 is 34.8 Å². The number of rotatable bonds is 6. The predicted octanol–water partition coefficient (Wildman–Crippen LogP) is 4.66. The normalized spacial score (nSPS) is 11.3. The van der Waals surface area contributed by atoms with Gasteiger partial charge in [0.1, 0.15) is 15.5 Å². The molecule has 1 aromatic carbocycles. The van der Waals surface area contributed by atoms with Gasteiger partial charge in [-0.3, -0.25) is 9.59 Å². The third-order valence-corrected chi connectivity index (χ3v) is 4.81. The molecule has 7 heteroatoms. The summed E-state index contributed by atoms with van der Waals surface area (Å²) in [6.45, 7) is 5.97. The van der Waals surface area contributed by atoms with Crippen molar-refractivity contribution in [1.29, 1.82) is 0 Å². The zero-order valence-electron chi connectivity index (χ0n) is 15.4. The standard InChI is InChI=1S/C19H23ClN2O3S/c1-19(2,3)25-16(23)10-7-11-22(4)18(24)15-12-21-17(26-15)13-8-5-6-9-14(13)20/h5-6,8-9,12H,7,10-11H2,1-4H3. The minimum Gasteiger partial charge on any atom is -0.460 e. The number of hydrogen-bond acceptors (Lipinski definition) is 5. The number of hydrogen-bond donors (Lipinski definition) is 0. The summed E-state index contributed by atoms with van der Waals surface area (Å²) in [5.74, 6) is -0.373. The molecule has 0 bridgehead atoms. The van der Waals surface area contributed by atoms with Gasteiger partial charge in [-0.2, -0.15) is 0 Å². The molecule has 5 nitrogen and oxygen atoms in total. The quantitative estimate of drug-likeness (QED) is 0.668. The van der Waals surface area contributed by atoms with Crippen molar-refractivity contribution in [3.05, 3.63) is 40.4 Å². The van der Waals surface area contributed by atoms with Crippen molar-refractivity contribution in [3.63, 3.8) is 0 Å². The maximum Gasteiger partial charge on any atom is 0.306 e. The Hall–Kier alpha value is -1.92. The molecular formula is C19H23ClN2O3S. The molecule has 0 saturated carbocycles. The summed E-state index contributed by atoms with van der Waals surface area (Å²) in [4.78, 5) is 30.7. The van der Waals surface area contributed by atoms with Crippen LogP contribution in [0.25, 0.3) is 10.6 Å². The molecule has 0 aliphatic heterocycles. The Kier molecular flexibility index (Phi) is 6.78. The highest BCUT2D eigenvalue weighted by atomic mass is 35.5. The molecule has 0 aliphatic carbocycles. The van der Waals surface area contributed by atoms with E-state index in [1.807, 2.05) is 39.0 Å². The van der Waals surface area contributed by atoms with Crippen molar-refractivity contribution in [2.45, 2.75) is 39.2 Å². The average molecular weight is 395 g/mol. The predicted molar refractivity (Wildman–Crippen MR) is 105 cm³/mol. The second kappa shape index (κ2) is 8.64. The van der Waals surface area contributed by atoms with Crippen LogP contribution in [0.4, 0.5) is 0 Å². The Labute approximate surface area is 162 Å². The molecule has 0 spiro atoms. The van der Waals surface area contributed by atoms with E-state index in [0.29, 0.717) is 27.9 Å². The molecule has 1 amide bonds. The largest absolute Gasteiger partial charge is 0.460 e.